The van der Waals surface area contributed by atoms with Gasteiger partial charge < -0.3 is 5.73 Å². The summed E-state index contributed by atoms with van der Waals surface area (Å²) in [5.74, 6) is -0.595. The Morgan fingerprint density at radius 1 is 1.19 bits per heavy atom. The standard InChI is InChI=1S/C10H15NO3S.ClH/c11-9(12)8-5-10(8,6-1-2-6)15(13,14)7-3-4-7;/h6-8H,1-5H2,(H2,11,12);1H. The Morgan fingerprint density at radius 3 is 2.06 bits per heavy atom. The normalized spacial score (nSPS) is 37.6. The molecule has 16 heavy (non-hydrogen) atoms. The van der Waals surface area contributed by atoms with Crippen LogP contribution in [0.2, 0.25) is 0 Å². The van der Waals surface area contributed by atoms with Crippen LogP contribution in [-0.2, 0) is 14.6 Å². The Balaban J connectivity index is 0.000000963. The van der Waals surface area contributed by atoms with Gasteiger partial charge in [-0.1, -0.05) is 0 Å². The lowest BCUT2D eigenvalue weighted by Crippen LogP contribution is -2.35. The van der Waals surface area contributed by atoms with Crippen LogP contribution >= 0.6 is 12.4 Å². The molecule has 0 radical (unpaired) electrons. The quantitative estimate of drug-likeness (QED) is 0.810. The summed E-state index contributed by atoms with van der Waals surface area (Å²) in [6.07, 6.45) is 3.96. The van der Waals surface area contributed by atoms with E-state index in [1.165, 1.54) is 0 Å². The molecule has 0 aliphatic heterocycles. The highest BCUT2D eigenvalue weighted by molar-refractivity contribution is 7.94. The lowest BCUT2D eigenvalue weighted by atomic mass is 10.2. The summed E-state index contributed by atoms with van der Waals surface area (Å²) in [5.41, 5.74) is 5.25. The van der Waals surface area contributed by atoms with Crippen molar-refractivity contribution >= 4 is 28.2 Å². The summed E-state index contributed by atoms with van der Waals surface area (Å²) in [6.45, 7) is 0. The van der Waals surface area contributed by atoms with Crippen LogP contribution in [0.1, 0.15) is 32.1 Å². The van der Waals surface area contributed by atoms with E-state index in [1.807, 2.05) is 0 Å². The van der Waals surface area contributed by atoms with Crippen LogP contribution in [0.4, 0.5) is 0 Å². The number of sulfone groups is 1. The number of carbonyl (C=O) groups excluding carboxylic acids is 1. The molecule has 2 unspecified atom stereocenters. The summed E-state index contributed by atoms with van der Waals surface area (Å²) < 4.78 is 23.8. The Bertz CT molecular complexity index is 427. The number of hydrogen-bond donors (Lipinski definition) is 1. The molecule has 3 aliphatic carbocycles. The zero-order valence-electron chi connectivity index (χ0n) is 8.89. The van der Waals surface area contributed by atoms with E-state index >= 15 is 0 Å². The number of nitrogens with two attached hydrogens (primary N) is 1. The first-order chi connectivity index (χ1) is 7.00. The molecule has 3 rings (SSSR count). The van der Waals surface area contributed by atoms with Crippen LogP contribution in [0.3, 0.4) is 0 Å². The van der Waals surface area contributed by atoms with Crippen LogP contribution in [-0.4, -0.2) is 24.3 Å². The zero-order valence-corrected chi connectivity index (χ0v) is 10.5. The third kappa shape index (κ3) is 1.40. The van der Waals surface area contributed by atoms with Crippen molar-refractivity contribution in [3.63, 3.8) is 0 Å². The number of rotatable bonds is 4. The number of amides is 1. The van der Waals surface area contributed by atoms with Crippen molar-refractivity contribution < 1.29 is 13.2 Å². The first-order valence-electron chi connectivity index (χ1n) is 5.53. The molecule has 3 aliphatic rings. The van der Waals surface area contributed by atoms with Gasteiger partial charge in [-0.15, -0.1) is 12.4 Å². The van der Waals surface area contributed by atoms with E-state index in [1.54, 1.807) is 0 Å². The third-order valence-electron chi connectivity index (χ3n) is 4.06. The lowest BCUT2D eigenvalue weighted by Gasteiger charge is -2.16. The van der Waals surface area contributed by atoms with Gasteiger partial charge >= 0.3 is 0 Å². The summed E-state index contributed by atoms with van der Waals surface area (Å²) in [6, 6.07) is 0. The molecular weight excluding hydrogens is 250 g/mol. The molecule has 0 aromatic carbocycles. The fraction of sp³-hybridized carbons (Fsp3) is 0.900. The predicted molar refractivity (Wildman–Crippen MR) is 61.9 cm³/mol. The SMILES string of the molecule is Cl.NC(=O)C1CC1(C1CC1)S(=O)(=O)C1CC1. The third-order valence-corrected chi connectivity index (χ3v) is 7.25. The molecule has 92 valence electrons. The Kier molecular flexibility index (Phi) is 2.55. The van der Waals surface area contributed by atoms with Gasteiger partial charge in [0, 0.05) is 0 Å². The molecule has 3 saturated carbocycles. The molecule has 2 atom stereocenters. The molecule has 3 fully saturated rings. The highest BCUT2D eigenvalue weighted by Crippen LogP contribution is 2.65. The molecule has 4 nitrogen and oxygen atoms in total. The number of primary amides is 1. The van der Waals surface area contributed by atoms with Crippen LogP contribution in [0.5, 0.6) is 0 Å². The highest BCUT2D eigenvalue weighted by Gasteiger charge is 2.74. The Hall–Kier alpha value is -0.290. The molecular formula is C10H16ClNO3S. The maximum absolute atomic E-state index is 12.3. The molecule has 0 spiro atoms. The average Bonchev–Trinajstić information content (AvgIpc) is 2.95. The topological polar surface area (TPSA) is 77.2 Å². The van der Waals surface area contributed by atoms with Gasteiger partial charge in [-0.05, 0) is 38.0 Å². The van der Waals surface area contributed by atoms with Gasteiger partial charge in [0.25, 0.3) is 0 Å². The summed E-state index contributed by atoms with van der Waals surface area (Å²) in [5, 5.41) is -0.164. The van der Waals surface area contributed by atoms with Gasteiger partial charge in [0.15, 0.2) is 9.84 Å². The molecule has 0 saturated heterocycles. The maximum Gasteiger partial charge on any atom is 0.222 e. The predicted octanol–water partition coefficient (Wildman–Crippen LogP) is 0.639. The second-order valence-electron chi connectivity index (χ2n) is 5.13. The van der Waals surface area contributed by atoms with Gasteiger partial charge in [0.05, 0.1) is 15.9 Å². The Labute approximate surface area is 101 Å². The minimum atomic E-state index is -3.09. The van der Waals surface area contributed by atoms with Crippen molar-refractivity contribution in [2.75, 3.05) is 0 Å². The van der Waals surface area contributed by atoms with Crippen LogP contribution in [0.15, 0.2) is 0 Å². The van der Waals surface area contributed by atoms with E-state index in [0.29, 0.717) is 6.42 Å². The lowest BCUT2D eigenvalue weighted by molar-refractivity contribution is -0.119. The van der Waals surface area contributed by atoms with Crippen molar-refractivity contribution in [3.05, 3.63) is 0 Å². The zero-order chi connectivity index (χ0) is 10.8. The second-order valence-corrected chi connectivity index (χ2v) is 7.65. The summed E-state index contributed by atoms with van der Waals surface area (Å²) in [7, 11) is -3.09. The van der Waals surface area contributed by atoms with Crippen LogP contribution in [0.25, 0.3) is 0 Å². The molecule has 0 aromatic rings. The van der Waals surface area contributed by atoms with Crippen LogP contribution < -0.4 is 5.73 Å². The summed E-state index contributed by atoms with van der Waals surface area (Å²) >= 11 is 0. The van der Waals surface area contributed by atoms with E-state index in [4.69, 9.17) is 5.73 Å². The number of halogens is 1. The number of hydrogen-bond acceptors (Lipinski definition) is 3. The largest absolute Gasteiger partial charge is 0.369 e. The summed E-state index contributed by atoms with van der Waals surface area (Å²) in [4.78, 5) is 11.2. The maximum atomic E-state index is 12.3. The minimum absolute atomic E-state index is 0. The molecule has 6 heteroatoms. The van der Waals surface area contributed by atoms with Crippen molar-refractivity contribution in [2.45, 2.75) is 42.1 Å². The number of carbonyl (C=O) groups is 1. The fourth-order valence-corrected chi connectivity index (χ4v) is 5.85. The van der Waals surface area contributed by atoms with Crippen molar-refractivity contribution in [2.24, 2.45) is 17.6 Å². The van der Waals surface area contributed by atoms with Gasteiger partial charge in [0.2, 0.25) is 5.91 Å². The van der Waals surface area contributed by atoms with E-state index in [2.05, 4.69) is 0 Å². The van der Waals surface area contributed by atoms with Gasteiger partial charge in [0.1, 0.15) is 0 Å². The monoisotopic (exact) mass is 265 g/mol. The first-order valence-corrected chi connectivity index (χ1v) is 7.07. The fourth-order valence-electron chi connectivity index (χ4n) is 2.86. The van der Waals surface area contributed by atoms with Gasteiger partial charge in [-0.2, -0.15) is 0 Å². The highest BCUT2D eigenvalue weighted by atomic mass is 35.5. The Morgan fingerprint density at radius 2 is 1.75 bits per heavy atom. The van der Waals surface area contributed by atoms with Crippen molar-refractivity contribution in [1.29, 1.82) is 0 Å². The van der Waals surface area contributed by atoms with Crippen molar-refractivity contribution in [3.8, 4) is 0 Å². The molecule has 0 bridgehead atoms. The first kappa shape index (κ1) is 12.2. The average molecular weight is 266 g/mol. The van der Waals surface area contributed by atoms with Gasteiger partial charge in [-0.25, -0.2) is 8.42 Å². The minimum Gasteiger partial charge on any atom is -0.369 e. The molecule has 0 aromatic heterocycles. The van der Waals surface area contributed by atoms with E-state index < -0.39 is 26.4 Å². The smallest absolute Gasteiger partial charge is 0.222 e. The van der Waals surface area contributed by atoms with E-state index in [0.717, 1.165) is 25.7 Å². The van der Waals surface area contributed by atoms with E-state index in [-0.39, 0.29) is 23.6 Å². The molecule has 0 heterocycles. The van der Waals surface area contributed by atoms with Crippen LogP contribution in [0, 0.1) is 11.8 Å². The van der Waals surface area contributed by atoms with Crippen molar-refractivity contribution in [1.82, 2.24) is 0 Å². The van der Waals surface area contributed by atoms with E-state index in [9.17, 15) is 13.2 Å². The molecule has 1 amide bonds. The molecule has 2 N–H and O–H groups in total. The second kappa shape index (κ2) is 3.35. The van der Waals surface area contributed by atoms with Gasteiger partial charge in [-0.3, -0.25) is 4.79 Å².